The minimum Gasteiger partial charge on any atom is -0.497 e. The van der Waals surface area contributed by atoms with E-state index in [0.29, 0.717) is 11.5 Å². The van der Waals surface area contributed by atoms with E-state index in [9.17, 15) is 20.4 Å². The summed E-state index contributed by atoms with van der Waals surface area (Å²) in [6.45, 7) is -0.525. The molecule has 30 heavy (non-hydrogen) atoms. The summed E-state index contributed by atoms with van der Waals surface area (Å²) in [6, 6.07) is 13.3. The fourth-order valence-electron chi connectivity index (χ4n) is 3.38. The number of aryl methyl sites for hydroxylation is 2. The Kier molecular flexibility index (Phi) is 7.52. The van der Waals surface area contributed by atoms with Crippen molar-refractivity contribution in [3.05, 3.63) is 53.6 Å². The predicted octanol–water partition coefficient (Wildman–Crippen LogP) is 0.668. The number of aliphatic hydroxyl groups is 4. The Bertz CT molecular complexity index is 825. The van der Waals surface area contributed by atoms with Crippen molar-refractivity contribution in [3.63, 3.8) is 0 Å². The van der Waals surface area contributed by atoms with Gasteiger partial charge >= 0.3 is 0 Å². The number of hydrogen-bond donors (Lipinski definition) is 4. The summed E-state index contributed by atoms with van der Waals surface area (Å²) in [7, 11) is 3.12. The molecule has 0 amide bonds. The SMILES string of the molecule is COc1cccc(CCc2ccc(OC)c(O[C@@H]3O[C@H](CO)[C@@H](O)[C@H](O)[C@H]3O)c2)c1. The molecular weight excluding hydrogens is 392 g/mol. The van der Waals surface area contributed by atoms with E-state index in [4.69, 9.17) is 18.9 Å². The van der Waals surface area contributed by atoms with Gasteiger partial charge in [0.2, 0.25) is 6.29 Å². The zero-order valence-corrected chi connectivity index (χ0v) is 17.0. The van der Waals surface area contributed by atoms with Crippen molar-refractivity contribution in [1.29, 1.82) is 0 Å². The van der Waals surface area contributed by atoms with Crippen LogP contribution in [0.3, 0.4) is 0 Å². The second-order valence-corrected chi connectivity index (χ2v) is 7.15. The van der Waals surface area contributed by atoms with Crippen LogP contribution in [0.15, 0.2) is 42.5 Å². The zero-order valence-electron chi connectivity index (χ0n) is 17.0. The fraction of sp³-hybridized carbons (Fsp3) is 0.455. The highest BCUT2D eigenvalue weighted by Crippen LogP contribution is 2.32. The Balaban J connectivity index is 1.74. The zero-order chi connectivity index (χ0) is 21.7. The molecule has 3 rings (SSSR count). The molecule has 0 radical (unpaired) electrons. The molecule has 8 nitrogen and oxygen atoms in total. The summed E-state index contributed by atoms with van der Waals surface area (Å²) in [4.78, 5) is 0. The van der Waals surface area contributed by atoms with Crippen molar-refractivity contribution >= 4 is 0 Å². The molecule has 2 aromatic rings. The van der Waals surface area contributed by atoms with E-state index >= 15 is 0 Å². The Labute approximate surface area is 175 Å². The maximum atomic E-state index is 10.2. The van der Waals surface area contributed by atoms with Crippen molar-refractivity contribution in [2.24, 2.45) is 0 Å². The number of methoxy groups -OCH3 is 2. The smallest absolute Gasteiger partial charge is 0.229 e. The molecule has 2 aromatic carbocycles. The minimum absolute atomic E-state index is 0.324. The molecule has 164 valence electrons. The maximum absolute atomic E-state index is 10.2. The first-order valence-electron chi connectivity index (χ1n) is 9.73. The van der Waals surface area contributed by atoms with Crippen LogP contribution in [0.2, 0.25) is 0 Å². The molecule has 0 saturated carbocycles. The van der Waals surface area contributed by atoms with Gasteiger partial charge in [-0.05, 0) is 48.2 Å². The lowest BCUT2D eigenvalue weighted by atomic mass is 9.99. The van der Waals surface area contributed by atoms with Crippen LogP contribution in [-0.4, -0.2) is 72.0 Å². The number of ether oxygens (including phenoxy) is 4. The van der Waals surface area contributed by atoms with E-state index < -0.39 is 37.3 Å². The third kappa shape index (κ3) is 5.03. The van der Waals surface area contributed by atoms with Crippen LogP contribution in [-0.2, 0) is 17.6 Å². The summed E-state index contributed by atoms with van der Waals surface area (Å²) in [6.07, 6.45) is -5.26. The number of benzene rings is 2. The molecule has 0 aliphatic carbocycles. The lowest BCUT2D eigenvalue weighted by Crippen LogP contribution is -2.60. The highest BCUT2D eigenvalue weighted by atomic mass is 16.7. The Hall–Kier alpha value is -2.36. The van der Waals surface area contributed by atoms with Crippen molar-refractivity contribution in [2.45, 2.75) is 43.5 Å². The summed E-state index contributed by atoms with van der Waals surface area (Å²) in [5.74, 6) is 1.55. The summed E-state index contributed by atoms with van der Waals surface area (Å²) in [5.41, 5.74) is 2.10. The van der Waals surface area contributed by atoms with E-state index in [1.807, 2.05) is 30.3 Å². The Morgan fingerprint density at radius 1 is 0.833 bits per heavy atom. The van der Waals surface area contributed by atoms with Crippen LogP contribution in [0.4, 0.5) is 0 Å². The predicted molar refractivity (Wildman–Crippen MR) is 108 cm³/mol. The van der Waals surface area contributed by atoms with Gasteiger partial charge in [0.05, 0.1) is 20.8 Å². The second-order valence-electron chi connectivity index (χ2n) is 7.15. The summed E-state index contributed by atoms with van der Waals surface area (Å²) in [5, 5.41) is 39.5. The van der Waals surface area contributed by atoms with Gasteiger partial charge in [-0.2, -0.15) is 0 Å². The van der Waals surface area contributed by atoms with Gasteiger partial charge in [-0.1, -0.05) is 18.2 Å². The molecule has 0 bridgehead atoms. The molecule has 5 atom stereocenters. The Morgan fingerprint density at radius 2 is 1.57 bits per heavy atom. The van der Waals surface area contributed by atoms with Gasteiger partial charge < -0.3 is 39.4 Å². The van der Waals surface area contributed by atoms with E-state index in [0.717, 1.165) is 29.7 Å². The fourth-order valence-corrected chi connectivity index (χ4v) is 3.38. The van der Waals surface area contributed by atoms with Crippen molar-refractivity contribution in [3.8, 4) is 17.2 Å². The number of aliphatic hydroxyl groups excluding tert-OH is 4. The first-order chi connectivity index (χ1) is 14.5. The van der Waals surface area contributed by atoms with Crippen LogP contribution in [0.5, 0.6) is 17.2 Å². The van der Waals surface area contributed by atoms with Crippen LogP contribution < -0.4 is 14.2 Å². The summed E-state index contributed by atoms with van der Waals surface area (Å²) < 4.78 is 21.8. The Morgan fingerprint density at radius 3 is 2.23 bits per heavy atom. The molecule has 1 aliphatic rings. The molecule has 0 unspecified atom stereocenters. The van der Waals surface area contributed by atoms with E-state index in [2.05, 4.69) is 0 Å². The lowest BCUT2D eigenvalue weighted by molar-refractivity contribution is -0.277. The average Bonchev–Trinajstić information content (AvgIpc) is 2.78. The molecule has 1 saturated heterocycles. The van der Waals surface area contributed by atoms with Gasteiger partial charge in [-0.3, -0.25) is 0 Å². The van der Waals surface area contributed by atoms with Gasteiger partial charge in [0.1, 0.15) is 30.2 Å². The lowest BCUT2D eigenvalue weighted by Gasteiger charge is -2.39. The first kappa shape index (κ1) is 22.3. The van der Waals surface area contributed by atoms with E-state index in [-0.39, 0.29) is 0 Å². The second kappa shape index (κ2) is 10.1. The van der Waals surface area contributed by atoms with E-state index in [1.165, 1.54) is 7.11 Å². The van der Waals surface area contributed by atoms with Gasteiger partial charge in [0.15, 0.2) is 11.5 Å². The summed E-state index contributed by atoms with van der Waals surface area (Å²) >= 11 is 0. The van der Waals surface area contributed by atoms with E-state index in [1.54, 1.807) is 19.2 Å². The van der Waals surface area contributed by atoms with Gasteiger partial charge in [0, 0.05) is 0 Å². The van der Waals surface area contributed by atoms with Crippen LogP contribution in [0.1, 0.15) is 11.1 Å². The van der Waals surface area contributed by atoms with Crippen LogP contribution >= 0.6 is 0 Å². The quantitative estimate of drug-likeness (QED) is 0.492. The third-order valence-electron chi connectivity index (χ3n) is 5.16. The van der Waals surface area contributed by atoms with Gasteiger partial charge in [-0.15, -0.1) is 0 Å². The topological polar surface area (TPSA) is 118 Å². The number of hydrogen-bond acceptors (Lipinski definition) is 8. The average molecular weight is 420 g/mol. The standard InChI is InChI=1S/C22H28O8/c1-27-15-5-3-4-13(10-15)6-7-14-8-9-16(28-2)17(11-14)29-22-21(26)20(25)19(24)18(12-23)30-22/h3-5,8-11,18-26H,6-7,12H2,1-2H3/t18-,19-,20+,21-,22-/m1/s1. The third-order valence-corrected chi connectivity index (χ3v) is 5.16. The van der Waals surface area contributed by atoms with Crippen molar-refractivity contribution in [2.75, 3.05) is 20.8 Å². The molecule has 1 heterocycles. The van der Waals surface area contributed by atoms with Crippen LogP contribution in [0, 0.1) is 0 Å². The largest absolute Gasteiger partial charge is 0.497 e. The molecular formula is C22H28O8. The van der Waals surface area contributed by atoms with Gasteiger partial charge in [-0.25, -0.2) is 0 Å². The van der Waals surface area contributed by atoms with Crippen molar-refractivity contribution < 1.29 is 39.4 Å². The number of rotatable bonds is 8. The molecule has 0 spiro atoms. The molecule has 8 heteroatoms. The monoisotopic (exact) mass is 420 g/mol. The normalized spacial score (nSPS) is 26.3. The van der Waals surface area contributed by atoms with Gasteiger partial charge in [0.25, 0.3) is 0 Å². The minimum atomic E-state index is -1.51. The highest BCUT2D eigenvalue weighted by molar-refractivity contribution is 5.43. The van der Waals surface area contributed by atoms with Crippen molar-refractivity contribution in [1.82, 2.24) is 0 Å². The molecule has 1 fully saturated rings. The molecule has 4 N–H and O–H groups in total. The molecule has 0 aromatic heterocycles. The van der Waals surface area contributed by atoms with Crippen LogP contribution in [0.25, 0.3) is 0 Å². The highest BCUT2D eigenvalue weighted by Gasteiger charge is 2.44. The first-order valence-corrected chi connectivity index (χ1v) is 9.73. The maximum Gasteiger partial charge on any atom is 0.229 e. The molecule has 1 aliphatic heterocycles.